The lowest BCUT2D eigenvalue weighted by molar-refractivity contribution is 0.592. The molecule has 0 fully saturated rings. The summed E-state index contributed by atoms with van der Waals surface area (Å²) in [6.07, 6.45) is 6.26. The molecule has 0 saturated heterocycles. The van der Waals surface area contributed by atoms with Crippen LogP contribution in [0.3, 0.4) is 0 Å². The van der Waals surface area contributed by atoms with Crippen LogP contribution in [-0.2, 0) is 6.54 Å². The van der Waals surface area contributed by atoms with Gasteiger partial charge in [0.1, 0.15) is 0 Å². The zero-order chi connectivity index (χ0) is 23.1. The molecule has 0 amide bonds. The summed E-state index contributed by atoms with van der Waals surface area (Å²) in [7, 11) is 2.13. The topological polar surface area (TPSA) is 21.1 Å². The van der Waals surface area contributed by atoms with E-state index in [4.69, 9.17) is 4.98 Å². The fourth-order valence-corrected chi connectivity index (χ4v) is 5.49. The molecule has 1 aromatic heterocycles. The third-order valence-corrected chi connectivity index (χ3v) is 7.80. The molecule has 174 valence electrons. The summed E-state index contributed by atoms with van der Waals surface area (Å²) in [6, 6.07) is 17.5. The van der Waals surface area contributed by atoms with Gasteiger partial charge in [0, 0.05) is 29.8 Å². The highest BCUT2D eigenvalue weighted by Gasteiger charge is 2.20. The fourth-order valence-electron chi connectivity index (χ4n) is 4.37. The van der Waals surface area contributed by atoms with Gasteiger partial charge in [-0.25, -0.2) is 4.98 Å². The minimum absolute atomic E-state index is 0.320. The molecule has 3 aromatic rings. The van der Waals surface area contributed by atoms with Crippen LogP contribution in [0.4, 0.5) is 11.6 Å². The zero-order valence-electron chi connectivity index (χ0n) is 20.9. The van der Waals surface area contributed by atoms with Crippen molar-refractivity contribution in [2.75, 3.05) is 17.7 Å². The minimum Gasteiger partial charge on any atom is -0.315 e. The van der Waals surface area contributed by atoms with Gasteiger partial charge in [0.05, 0.1) is 11.0 Å². The van der Waals surface area contributed by atoms with Crippen LogP contribution < -0.4 is 4.90 Å². The number of rotatable bonds is 12. The van der Waals surface area contributed by atoms with E-state index in [1.54, 1.807) is 0 Å². The Hall–Kier alpha value is -1.94. The van der Waals surface area contributed by atoms with Gasteiger partial charge in [-0.05, 0) is 48.6 Å². The highest BCUT2D eigenvalue weighted by atomic mass is 32.2. The molecule has 0 spiro atoms. The first kappa shape index (κ1) is 24.7. The Morgan fingerprint density at radius 3 is 2.50 bits per heavy atom. The first-order valence-electron chi connectivity index (χ1n) is 12.3. The van der Waals surface area contributed by atoms with Crippen LogP contribution in [0.2, 0.25) is 0 Å². The molecule has 0 aliphatic carbocycles. The number of aromatic nitrogens is 2. The van der Waals surface area contributed by atoms with Gasteiger partial charge in [-0.2, -0.15) is 11.8 Å². The highest BCUT2D eigenvalue weighted by molar-refractivity contribution is 8.00. The van der Waals surface area contributed by atoms with Crippen molar-refractivity contribution in [1.29, 1.82) is 0 Å². The summed E-state index contributed by atoms with van der Waals surface area (Å²) in [4.78, 5) is 7.36. The number of fused-ring (bicyclic) bond motifs is 1. The number of nitrogens with zero attached hydrogens (tertiary/aromatic N) is 3. The molecule has 0 bridgehead atoms. The Balaban J connectivity index is 1.92. The van der Waals surface area contributed by atoms with Crippen molar-refractivity contribution in [2.45, 2.75) is 83.9 Å². The second kappa shape index (κ2) is 11.3. The number of aryl methyl sites for hydroxylation is 1. The lowest BCUT2D eigenvalue weighted by Gasteiger charge is -2.25. The maximum Gasteiger partial charge on any atom is 0.210 e. The largest absolute Gasteiger partial charge is 0.315 e. The number of hydrogen-bond acceptors (Lipinski definition) is 3. The van der Waals surface area contributed by atoms with Crippen molar-refractivity contribution in [3.63, 3.8) is 0 Å². The van der Waals surface area contributed by atoms with E-state index in [9.17, 15) is 0 Å². The van der Waals surface area contributed by atoms with E-state index in [0.717, 1.165) is 23.8 Å². The van der Waals surface area contributed by atoms with Crippen LogP contribution in [0, 0.1) is 0 Å². The van der Waals surface area contributed by atoms with Crippen LogP contribution in [0.15, 0.2) is 48.5 Å². The molecule has 0 aliphatic heterocycles. The molecule has 1 heterocycles. The molecule has 32 heavy (non-hydrogen) atoms. The van der Waals surface area contributed by atoms with Gasteiger partial charge in [-0.1, -0.05) is 78.1 Å². The van der Waals surface area contributed by atoms with Crippen molar-refractivity contribution < 1.29 is 0 Å². The maximum atomic E-state index is 5.14. The van der Waals surface area contributed by atoms with Crippen LogP contribution in [-0.4, -0.2) is 27.1 Å². The standard InChI is InChI=1S/C28H41N3S/c1-7-9-18-28(4,5)32-20-19-31-26-17-16-23(22(3)13-8-2)21-25(26)29-27(31)30(6)24-14-11-10-12-15-24/h10-12,14-17,21-22H,7-9,13,18-20H2,1-6H3. The third kappa shape index (κ3) is 6.10. The normalized spacial score (nSPS) is 12.9. The van der Waals surface area contributed by atoms with Gasteiger partial charge in [0.2, 0.25) is 5.95 Å². The zero-order valence-corrected chi connectivity index (χ0v) is 21.7. The molecule has 2 aromatic carbocycles. The molecule has 3 rings (SSSR count). The van der Waals surface area contributed by atoms with Gasteiger partial charge in [0.15, 0.2) is 0 Å². The van der Waals surface area contributed by atoms with E-state index in [2.05, 4.69) is 111 Å². The van der Waals surface area contributed by atoms with Gasteiger partial charge in [0.25, 0.3) is 0 Å². The Morgan fingerprint density at radius 2 is 1.81 bits per heavy atom. The molecule has 0 saturated carbocycles. The van der Waals surface area contributed by atoms with E-state index < -0.39 is 0 Å². The average molecular weight is 452 g/mol. The van der Waals surface area contributed by atoms with Crippen LogP contribution >= 0.6 is 11.8 Å². The van der Waals surface area contributed by atoms with Crippen molar-refractivity contribution in [3.8, 4) is 0 Å². The van der Waals surface area contributed by atoms with Gasteiger partial charge >= 0.3 is 0 Å². The Morgan fingerprint density at radius 1 is 1.06 bits per heavy atom. The first-order chi connectivity index (χ1) is 15.4. The molecule has 4 heteroatoms. The minimum atomic E-state index is 0.320. The summed E-state index contributed by atoms with van der Waals surface area (Å²) < 4.78 is 2.74. The maximum absolute atomic E-state index is 5.14. The monoisotopic (exact) mass is 451 g/mol. The second-order valence-corrected chi connectivity index (χ2v) is 11.4. The molecule has 0 aliphatic rings. The molecule has 0 N–H and O–H groups in total. The number of thioether (sulfide) groups is 1. The lowest BCUT2D eigenvalue weighted by Crippen LogP contribution is -2.19. The quantitative estimate of drug-likeness (QED) is 0.276. The van der Waals surface area contributed by atoms with Crippen LogP contribution in [0.25, 0.3) is 11.0 Å². The van der Waals surface area contributed by atoms with E-state index in [-0.39, 0.29) is 0 Å². The Labute approximate surface area is 199 Å². The van der Waals surface area contributed by atoms with Gasteiger partial charge in [-0.15, -0.1) is 0 Å². The summed E-state index contributed by atoms with van der Waals surface area (Å²) in [5.74, 6) is 2.68. The summed E-state index contributed by atoms with van der Waals surface area (Å²) in [5, 5.41) is 0. The van der Waals surface area contributed by atoms with E-state index in [1.165, 1.54) is 48.9 Å². The molecule has 1 unspecified atom stereocenters. The third-order valence-electron chi connectivity index (χ3n) is 6.43. The Kier molecular flexibility index (Phi) is 8.70. The lowest BCUT2D eigenvalue weighted by atomic mass is 9.96. The number of para-hydroxylation sites is 1. The SMILES string of the molecule is CCCCC(C)(C)SCCn1c(N(C)c2ccccc2)nc2cc(C(C)CCC)ccc21. The summed E-state index contributed by atoms with van der Waals surface area (Å²) in [5.41, 5.74) is 4.91. The van der Waals surface area contributed by atoms with Crippen molar-refractivity contribution in [3.05, 3.63) is 54.1 Å². The molecule has 1 atom stereocenters. The van der Waals surface area contributed by atoms with Crippen molar-refractivity contribution in [2.24, 2.45) is 0 Å². The molecule has 3 nitrogen and oxygen atoms in total. The number of anilines is 2. The molecule has 0 radical (unpaired) electrons. The second-order valence-electron chi connectivity index (χ2n) is 9.61. The van der Waals surface area contributed by atoms with Gasteiger partial charge in [-0.3, -0.25) is 0 Å². The number of benzene rings is 2. The fraction of sp³-hybridized carbons (Fsp3) is 0.536. The van der Waals surface area contributed by atoms with Crippen LogP contribution in [0.5, 0.6) is 0 Å². The predicted molar refractivity (Wildman–Crippen MR) is 144 cm³/mol. The number of hydrogen-bond donors (Lipinski definition) is 0. The highest BCUT2D eigenvalue weighted by Crippen LogP contribution is 2.33. The van der Waals surface area contributed by atoms with Crippen LogP contribution in [0.1, 0.15) is 78.2 Å². The Bertz CT molecular complexity index is 977. The smallest absolute Gasteiger partial charge is 0.210 e. The first-order valence-corrected chi connectivity index (χ1v) is 13.3. The number of imidazole rings is 1. The van der Waals surface area contributed by atoms with Crippen molar-refractivity contribution in [1.82, 2.24) is 9.55 Å². The number of unbranched alkanes of at least 4 members (excludes halogenated alkanes) is 1. The molecular weight excluding hydrogens is 410 g/mol. The summed E-state index contributed by atoms with van der Waals surface area (Å²) in [6.45, 7) is 12.6. The van der Waals surface area contributed by atoms with Gasteiger partial charge < -0.3 is 9.47 Å². The van der Waals surface area contributed by atoms with E-state index in [1.807, 2.05) is 0 Å². The summed E-state index contributed by atoms with van der Waals surface area (Å²) >= 11 is 2.09. The van der Waals surface area contributed by atoms with Crippen molar-refractivity contribution >= 4 is 34.4 Å². The average Bonchev–Trinajstić information content (AvgIpc) is 3.15. The molecular formula is C28H41N3S. The predicted octanol–water partition coefficient (Wildman–Crippen LogP) is 8.41. The van der Waals surface area contributed by atoms with E-state index in [0.29, 0.717) is 10.7 Å². The van der Waals surface area contributed by atoms with E-state index >= 15 is 0 Å².